The molecule has 1 heterocycles. The SMILES string of the molecule is CCC(C)C(C(CC(=O)N1CCC[C@H]1[C@H](OC)C(C)C(=O)N[C@@H](Cc1ccc(Cl)cc1Cl)C(=O)O)OC)N(C)C(=O)[C@@H](NC(=O)C(NC)C(C)C)C(C)C. The number of carbonyl (C=O) groups excluding carboxylic acids is 4. The molecule has 54 heavy (non-hydrogen) atoms. The van der Waals surface area contributed by atoms with E-state index in [0.717, 1.165) is 0 Å². The number of nitrogens with zero attached hydrogens (tertiary/aromatic N) is 2. The zero-order valence-electron chi connectivity index (χ0n) is 33.8. The van der Waals surface area contributed by atoms with Crippen LogP contribution in [-0.2, 0) is 39.9 Å². The van der Waals surface area contributed by atoms with E-state index in [1.807, 2.05) is 41.5 Å². The smallest absolute Gasteiger partial charge is 0.326 e. The maximum Gasteiger partial charge on any atom is 0.326 e. The topological polar surface area (TPSA) is 167 Å². The van der Waals surface area contributed by atoms with Crippen molar-refractivity contribution in [3.05, 3.63) is 33.8 Å². The van der Waals surface area contributed by atoms with Gasteiger partial charge in [0.05, 0.1) is 42.7 Å². The molecule has 0 aliphatic carbocycles. The summed E-state index contributed by atoms with van der Waals surface area (Å²) < 4.78 is 11.8. The molecule has 1 aromatic rings. The lowest BCUT2D eigenvalue weighted by atomic mass is 9.89. The molecule has 4 N–H and O–H groups in total. The Bertz CT molecular complexity index is 1430. The zero-order chi connectivity index (χ0) is 41.0. The summed E-state index contributed by atoms with van der Waals surface area (Å²) in [6, 6.07) is 1.26. The number of carboxylic acid groups (broad SMARTS) is 1. The van der Waals surface area contributed by atoms with Crippen LogP contribution in [0.5, 0.6) is 0 Å². The van der Waals surface area contributed by atoms with Crippen LogP contribution in [0.4, 0.5) is 0 Å². The third-order valence-electron chi connectivity index (χ3n) is 10.8. The number of carbonyl (C=O) groups is 5. The van der Waals surface area contributed by atoms with Gasteiger partial charge in [0.15, 0.2) is 0 Å². The number of amides is 4. The summed E-state index contributed by atoms with van der Waals surface area (Å²) >= 11 is 12.3. The number of halogens is 2. The molecule has 0 saturated carbocycles. The Kier molecular flexibility index (Phi) is 19.2. The van der Waals surface area contributed by atoms with Crippen molar-refractivity contribution in [2.45, 2.75) is 123 Å². The summed E-state index contributed by atoms with van der Waals surface area (Å²) in [7, 11) is 6.40. The first-order valence-electron chi connectivity index (χ1n) is 18.9. The van der Waals surface area contributed by atoms with E-state index >= 15 is 0 Å². The number of nitrogens with one attached hydrogen (secondary N) is 3. The molecular weight excluding hydrogens is 737 g/mol. The number of carboxylic acids is 1. The van der Waals surface area contributed by atoms with E-state index in [2.05, 4.69) is 16.0 Å². The molecule has 15 heteroatoms. The molecule has 2 rings (SSSR count). The van der Waals surface area contributed by atoms with Crippen molar-refractivity contribution in [2.75, 3.05) is 34.9 Å². The number of hydrogen-bond acceptors (Lipinski definition) is 8. The third kappa shape index (κ3) is 12.3. The van der Waals surface area contributed by atoms with Gasteiger partial charge in [-0.2, -0.15) is 0 Å². The van der Waals surface area contributed by atoms with Crippen LogP contribution in [0.3, 0.4) is 0 Å². The van der Waals surface area contributed by atoms with E-state index in [0.29, 0.717) is 41.4 Å². The lowest BCUT2D eigenvalue weighted by Gasteiger charge is -2.41. The summed E-state index contributed by atoms with van der Waals surface area (Å²) in [4.78, 5) is 70.5. The Hall–Kier alpha value is -2.97. The average molecular weight is 801 g/mol. The van der Waals surface area contributed by atoms with Crippen LogP contribution < -0.4 is 16.0 Å². The molecule has 13 nitrogen and oxygen atoms in total. The van der Waals surface area contributed by atoms with E-state index < -0.39 is 60.2 Å². The van der Waals surface area contributed by atoms with Gasteiger partial charge in [-0.15, -0.1) is 0 Å². The molecule has 1 aliphatic heterocycles. The predicted molar refractivity (Wildman–Crippen MR) is 210 cm³/mol. The average Bonchev–Trinajstić information content (AvgIpc) is 3.60. The zero-order valence-corrected chi connectivity index (χ0v) is 35.3. The first-order valence-corrected chi connectivity index (χ1v) is 19.7. The van der Waals surface area contributed by atoms with Gasteiger partial charge in [0.2, 0.25) is 23.6 Å². The normalized spacial score (nSPS) is 19.0. The second-order valence-electron chi connectivity index (χ2n) is 15.2. The summed E-state index contributed by atoms with van der Waals surface area (Å²) in [5, 5.41) is 19.3. The van der Waals surface area contributed by atoms with Gasteiger partial charge >= 0.3 is 5.97 Å². The van der Waals surface area contributed by atoms with Crippen LogP contribution in [0.2, 0.25) is 10.0 Å². The van der Waals surface area contributed by atoms with Gasteiger partial charge in [-0.1, -0.05) is 84.2 Å². The third-order valence-corrected chi connectivity index (χ3v) is 11.4. The van der Waals surface area contributed by atoms with Crippen molar-refractivity contribution in [2.24, 2.45) is 23.7 Å². The lowest BCUT2D eigenvalue weighted by molar-refractivity contribution is -0.148. The van der Waals surface area contributed by atoms with E-state index in [4.69, 9.17) is 32.7 Å². The highest BCUT2D eigenvalue weighted by Crippen LogP contribution is 2.30. The van der Waals surface area contributed by atoms with E-state index in [-0.39, 0.29) is 48.3 Å². The van der Waals surface area contributed by atoms with Crippen molar-refractivity contribution < 1.29 is 38.6 Å². The highest BCUT2D eigenvalue weighted by molar-refractivity contribution is 6.35. The minimum absolute atomic E-state index is 0.0123. The predicted octanol–water partition coefficient (Wildman–Crippen LogP) is 4.41. The fraction of sp³-hybridized carbons (Fsp3) is 0.718. The standard InChI is InChI=1S/C39H63Cl2N5O8/c1-12-23(6)34(45(9)38(50)33(22(4)5)44-37(49)32(42-8)21(2)3)30(53-10)20-31(47)46-17-13-14-29(46)35(54-11)24(7)36(48)43-28(39(51)52)18-25-15-16-26(40)19-27(25)41/h15-16,19,21-24,28-30,32-35,42H,12-14,17-18,20H2,1-11H3,(H,43,48)(H,44,49)(H,51,52)/t23?,24?,28-,29-,30?,32?,33-,34?,35+/m0/s1. The van der Waals surface area contributed by atoms with Crippen molar-refractivity contribution >= 4 is 52.8 Å². The minimum Gasteiger partial charge on any atom is -0.480 e. The first-order chi connectivity index (χ1) is 25.3. The quantitative estimate of drug-likeness (QED) is 0.141. The number of rotatable bonds is 21. The fourth-order valence-electron chi connectivity index (χ4n) is 7.46. The van der Waals surface area contributed by atoms with E-state index in [9.17, 15) is 29.1 Å². The van der Waals surface area contributed by atoms with Gasteiger partial charge in [0.1, 0.15) is 12.1 Å². The number of methoxy groups -OCH3 is 2. The number of likely N-dealkylation sites (N-methyl/N-ethyl adjacent to an activating group) is 2. The molecule has 1 fully saturated rings. The molecule has 5 unspecified atom stereocenters. The monoisotopic (exact) mass is 799 g/mol. The molecular formula is C39H63Cl2N5O8. The van der Waals surface area contributed by atoms with Gasteiger partial charge in [0.25, 0.3) is 0 Å². The molecule has 0 aromatic heterocycles. The van der Waals surface area contributed by atoms with Gasteiger partial charge in [0, 0.05) is 44.3 Å². The Balaban J connectivity index is 2.28. The molecule has 0 bridgehead atoms. The first kappa shape index (κ1) is 47.2. The largest absolute Gasteiger partial charge is 0.480 e. The summed E-state index contributed by atoms with van der Waals surface area (Å²) in [6.45, 7) is 13.7. The molecule has 1 aromatic carbocycles. The molecule has 0 radical (unpaired) electrons. The maximum atomic E-state index is 14.2. The molecule has 0 spiro atoms. The van der Waals surface area contributed by atoms with Crippen molar-refractivity contribution in [1.82, 2.24) is 25.8 Å². The number of likely N-dealkylation sites (tertiary alicyclic amines) is 1. The Morgan fingerprint density at radius 1 is 0.963 bits per heavy atom. The van der Waals surface area contributed by atoms with Crippen LogP contribution in [0.15, 0.2) is 18.2 Å². The van der Waals surface area contributed by atoms with Crippen LogP contribution in [0.25, 0.3) is 0 Å². The molecule has 306 valence electrons. The molecule has 1 aliphatic rings. The van der Waals surface area contributed by atoms with Gasteiger partial charge in [-0.25, -0.2) is 4.79 Å². The van der Waals surface area contributed by atoms with Crippen molar-refractivity contribution in [3.8, 4) is 0 Å². The Morgan fingerprint density at radius 3 is 2.09 bits per heavy atom. The van der Waals surface area contributed by atoms with Crippen molar-refractivity contribution in [1.29, 1.82) is 0 Å². The maximum absolute atomic E-state index is 14.2. The Labute approximate surface area is 331 Å². The van der Waals surface area contributed by atoms with Gasteiger partial charge in [-0.05, 0) is 55.3 Å². The molecule has 1 saturated heterocycles. The van der Waals surface area contributed by atoms with Crippen molar-refractivity contribution in [3.63, 3.8) is 0 Å². The highest BCUT2D eigenvalue weighted by Gasteiger charge is 2.43. The fourth-order valence-corrected chi connectivity index (χ4v) is 7.95. The van der Waals surface area contributed by atoms with E-state index in [1.54, 1.807) is 43.0 Å². The van der Waals surface area contributed by atoms with E-state index in [1.165, 1.54) is 20.3 Å². The van der Waals surface area contributed by atoms with Crippen LogP contribution in [0, 0.1) is 23.7 Å². The van der Waals surface area contributed by atoms with Crippen LogP contribution in [0.1, 0.15) is 79.7 Å². The molecule has 9 atom stereocenters. The second kappa shape index (κ2) is 21.9. The summed E-state index contributed by atoms with van der Waals surface area (Å²) in [5.74, 6) is -3.56. The Morgan fingerprint density at radius 2 is 1.59 bits per heavy atom. The molecule has 4 amide bonds. The number of ether oxygens (including phenoxy) is 2. The number of aliphatic carboxylic acids is 1. The van der Waals surface area contributed by atoms with Crippen LogP contribution >= 0.6 is 23.2 Å². The highest BCUT2D eigenvalue weighted by atomic mass is 35.5. The number of hydrogen-bond donors (Lipinski definition) is 4. The minimum atomic E-state index is -1.26. The second-order valence-corrected chi connectivity index (χ2v) is 16.0. The van der Waals surface area contributed by atoms with Gasteiger partial charge in [-0.3, -0.25) is 19.2 Å². The number of benzene rings is 1. The van der Waals surface area contributed by atoms with Crippen LogP contribution in [-0.4, -0.2) is 122 Å². The summed E-state index contributed by atoms with van der Waals surface area (Å²) in [6.07, 6.45) is 0.468. The summed E-state index contributed by atoms with van der Waals surface area (Å²) in [5.41, 5.74) is 0.519. The lowest BCUT2D eigenvalue weighted by Crippen LogP contribution is -2.59. The van der Waals surface area contributed by atoms with Gasteiger partial charge < -0.3 is 40.3 Å².